The molecule has 1 atom stereocenters. The lowest BCUT2D eigenvalue weighted by atomic mass is 10.5. The van der Waals surface area contributed by atoms with Gasteiger partial charge in [-0.3, -0.25) is 4.18 Å². The summed E-state index contributed by atoms with van der Waals surface area (Å²) in [4.78, 5) is 0. The Balaban J connectivity index is 3.69. The monoisotopic (exact) mass is 168 g/mol. The van der Waals surface area contributed by atoms with E-state index in [2.05, 4.69) is 8.92 Å². The number of hydrogen-bond acceptors (Lipinski definition) is 4. The molecule has 0 aromatic rings. The molecule has 4 nitrogen and oxygen atoms in total. The molecule has 10 heavy (non-hydrogen) atoms. The van der Waals surface area contributed by atoms with E-state index < -0.39 is 16.2 Å². The first-order valence-electron chi connectivity index (χ1n) is 2.83. The molecule has 0 radical (unpaired) electrons. The van der Waals surface area contributed by atoms with E-state index in [-0.39, 0.29) is 6.61 Å². The molecule has 0 unspecified atom stereocenters. The molecule has 0 saturated heterocycles. The van der Waals surface area contributed by atoms with Crippen LogP contribution >= 0.6 is 0 Å². The molecular weight excluding hydrogens is 156 g/mol. The SMILES string of the molecule is COC[C@@H](C)OS(C)(=O)=O. The normalized spacial score (nSPS) is 15.1. The Morgan fingerprint density at radius 2 is 2.00 bits per heavy atom. The Kier molecular flexibility index (Phi) is 3.85. The first kappa shape index (κ1) is 9.87. The predicted octanol–water partition coefficient (Wildman–Crippen LogP) is -0.00250. The lowest BCUT2D eigenvalue weighted by Gasteiger charge is -2.08. The van der Waals surface area contributed by atoms with Crippen molar-refractivity contribution < 1.29 is 17.3 Å². The molecular formula is C5H12O4S. The third kappa shape index (κ3) is 6.00. The molecule has 62 valence electrons. The van der Waals surface area contributed by atoms with Crippen molar-refractivity contribution in [2.24, 2.45) is 0 Å². The zero-order valence-corrected chi connectivity index (χ0v) is 7.14. The number of ether oxygens (including phenoxy) is 1. The molecule has 0 bridgehead atoms. The molecule has 0 spiro atoms. The maximum absolute atomic E-state index is 10.4. The van der Waals surface area contributed by atoms with Gasteiger partial charge in [0.1, 0.15) is 0 Å². The lowest BCUT2D eigenvalue weighted by Crippen LogP contribution is -2.18. The van der Waals surface area contributed by atoms with Crippen LogP contribution in [0.3, 0.4) is 0 Å². The van der Waals surface area contributed by atoms with Crippen LogP contribution in [0, 0.1) is 0 Å². The molecule has 0 aliphatic carbocycles. The van der Waals surface area contributed by atoms with Gasteiger partial charge in [0, 0.05) is 7.11 Å². The zero-order valence-electron chi connectivity index (χ0n) is 6.33. The molecule has 5 heteroatoms. The molecule has 0 saturated carbocycles. The van der Waals surface area contributed by atoms with Gasteiger partial charge in [0.05, 0.1) is 19.0 Å². The third-order valence-electron chi connectivity index (χ3n) is 0.740. The molecule has 0 N–H and O–H groups in total. The summed E-state index contributed by atoms with van der Waals surface area (Å²) >= 11 is 0. The molecule has 0 aliphatic heterocycles. The summed E-state index contributed by atoms with van der Waals surface area (Å²) in [5.41, 5.74) is 0. The first-order chi connectivity index (χ1) is 4.45. The van der Waals surface area contributed by atoms with Crippen LogP contribution in [0.25, 0.3) is 0 Å². The van der Waals surface area contributed by atoms with E-state index in [9.17, 15) is 8.42 Å². The second-order valence-electron chi connectivity index (χ2n) is 2.07. The highest BCUT2D eigenvalue weighted by molar-refractivity contribution is 7.86. The van der Waals surface area contributed by atoms with Crippen LogP contribution in [-0.2, 0) is 19.0 Å². The minimum absolute atomic E-state index is 0.285. The average Bonchev–Trinajstić information content (AvgIpc) is 1.59. The van der Waals surface area contributed by atoms with Gasteiger partial charge in [0.15, 0.2) is 0 Å². The summed E-state index contributed by atoms with van der Waals surface area (Å²) < 4.78 is 30.1. The van der Waals surface area contributed by atoms with Crippen LogP contribution in [0.2, 0.25) is 0 Å². The summed E-state index contributed by atoms with van der Waals surface area (Å²) in [7, 11) is -1.84. The minimum atomic E-state index is -3.33. The number of rotatable bonds is 4. The van der Waals surface area contributed by atoms with E-state index in [0.29, 0.717) is 0 Å². The fraction of sp³-hybridized carbons (Fsp3) is 1.00. The van der Waals surface area contributed by atoms with E-state index in [1.165, 1.54) is 7.11 Å². The summed E-state index contributed by atoms with van der Waals surface area (Å²) in [5, 5.41) is 0. The van der Waals surface area contributed by atoms with E-state index in [4.69, 9.17) is 0 Å². The highest BCUT2D eigenvalue weighted by atomic mass is 32.2. The first-order valence-corrected chi connectivity index (χ1v) is 4.64. The molecule has 0 amide bonds. The summed E-state index contributed by atoms with van der Waals surface area (Å²) in [6.07, 6.45) is 0.610. The van der Waals surface area contributed by atoms with Gasteiger partial charge in [-0.2, -0.15) is 8.42 Å². The van der Waals surface area contributed by atoms with Gasteiger partial charge >= 0.3 is 0 Å². The standard InChI is InChI=1S/C5H12O4S/c1-5(4-8-2)9-10(3,6)7/h5H,4H2,1-3H3/t5-/m1/s1. The molecule has 0 aromatic heterocycles. The maximum atomic E-state index is 10.4. The van der Waals surface area contributed by atoms with Gasteiger partial charge in [0.25, 0.3) is 10.1 Å². The third-order valence-corrected chi connectivity index (χ3v) is 1.42. The summed E-state index contributed by atoms with van der Waals surface area (Å²) in [6, 6.07) is 0. The summed E-state index contributed by atoms with van der Waals surface area (Å²) in [5.74, 6) is 0. The van der Waals surface area contributed by atoms with Gasteiger partial charge in [-0.05, 0) is 6.92 Å². The molecule has 0 aromatic carbocycles. The topological polar surface area (TPSA) is 52.6 Å². The van der Waals surface area contributed by atoms with Crippen LogP contribution in [-0.4, -0.2) is 34.5 Å². The van der Waals surface area contributed by atoms with Crippen molar-refractivity contribution in [3.8, 4) is 0 Å². The Morgan fingerprint density at radius 3 is 2.30 bits per heavy atom. The maximum Gasteiger partial charge on any atom is 0.264 e. The van der Waals surface area contributed by atoms with Crippen molar-refractivity contribution in [2.45, 2.75) is 13.0 Å². The quantitative estimate of drug-likeness (QED) is 0.554. The van der Waals surface area contributed by atoms with Gasteiger partial charge < -0.3 is 4.74 Å². The van der Waals surface area contributed by atoms with Gasteiger partial charge in [-0.15, -0.1) is 0 Å². The molecule has 0 rings (SSSR count). The van der Waals surface area contributed by atoms with Crippen molar-refractivity contribution >= 4 is 10.1 Å². The van der Waals surface area contributed by atoms with Crippen molar-refractivity contribution in [3.05, 3.63) is 0 Å². The number of methoxy groups -OCH3 is 1. The van der Waals surface area contributed by atoms with Gasteiger partial charge in [-0.25, -0.2) is 0 Å². The van der Waals surface area contributed by atoms with E-state index in [1.54, 1.807) is 6.92 Å². The Bertz CT molecular complexity index is 172. The van der Waals surface area contributed by atoms with Crippen molar-refractivity contribution in [2.75, 3.05) is 20.0 Å². The van der Waals surface area contributed by atoms with Crippen LogP contribution < -0.4 is 0 Å². The fourth-order valence-corrected chi connectivity index (χ4v) is 1.21. The summed E-state index contributed by atoms with van der Waals surface area (Å²) in [6.45, 7) is 1.91. The molecule has 0 aliphatic rings. The van der Waals surface area contributed by atoms with Crippen molar-refractivity contribution in [1.82, 2.24) is 0 Å². The largest absolute Gasteiger partial charge is 0.382 e. The Morgan fingerprint density at radius 1 is 1.50 bits per heavy atom. The van der Waals surface area contributed by atoms with E-state index >= 15 is 0 Å². The highest BCUT2D eigenvalue weighted by Gasteiger charge is 2.08. The van der Waals surface area contributed by atoms with Crippen molar-refractivity contribution in [3.63, 3.8) is 0 Å². The van der Waals surface area contributed by atoms with Crippen LogP contribution in [0.4, 0.5) is 0 Å². The van der Waals surface area contributed by atoms with Gasteiger partial charge in [-0.1, -0.05) is 0 Å². The lowest BCUT2D eigenvalue weighted by molar-refractivity contribution is 0.0969. The van der Waals surface area contributed by atoms with Crippen LogP contribution in [0.5, 0.6) is 0 Å². The van der Waals surface area contributed by atoms with Gasteiger partial charge in [0.2, 0.25) is 0 Å². The van der Waals surface area contributed by atoms with E-state index in [1.807, 2.05) is 0 Å². The second-order valence-corrected chi connectivity index (χ2v) is 3.67. The van der Waals surface area contributed by atoms with Crippen LogP contribution in [0.15, 0.2) is 0 Å². The fourth-order valence-electron chi connectivity index (χ4n) is 0.561. The van der Waals surface area contributed by atoms with Crippen LogP contribution in [0.1, 0.15) is 6.92 Å². The second kappa shape index (κ2) is 3.90. The Hall–Kier alpha value is -0.130. The minimum Gasteiger partial charge on any atom is -0.382 e. The predicted molar refractivity (Wildman–Crippen MR) is 37.3 cm³/mol. The van der Waals surface area contributed by atoms with E-state index in [0.717, 1.165) is 6.26 Å². The smallest absolute Gasteiger partial charge is 0.264 e. The molecule has 0 fully saturated rings. The average molecular weight is 168 g/mol. The number of hydrogen-bond donors (Lipinski definition) is 0. The molecule has 0 heterocycles. The van der Waals surface area contributed by atoms with Crippen molar-refractivity contribution in [1.29, 1.82) is 0 Å². The zero-order chi connectivity index (χ0) is 8.20. The Labute approximate surface area is 61.3 Å². The highest BCUT2D eigenvalue weighted by Crippen LogP contribution is 1.95.